The number of esters is 1. The van der Waals surface area contributed by atoms with Gasteiger partial charge in [-0.25, -0.2) is 18.6 Å². The van der Waals surface area contributed by atoms with Crippen molar-refractivity contribution >= 4 is 41.0 Å². The molecule has 1 aliphatic heterocycles. The number of nitrogens with zero attached hydrogens (tertiary/aromatic N) is 3. The van der Waals surface area contributed by atoms with Crippen molar-refractivity contribution in [3.63, 3.8) is 0 Å². The number of allylic oxidation sites excluding steroid dienone is 1. The molecule has 1 amide bonds. The summed E-state index contributed by atoms with van der Waals surface area (Å²) in [7, 11) is 0. The fraction of sp³-hybridized carbons (Fsp3) is 0.207. The summed E-state index contributed by atoms with van der Waals surface area (Å²) in [6.45, 7) is -0.725. The number of nitro benzene ring substituents is 1. The summed E-state index contributed by atoms with van der Waals surface area (Å²) in [5.74, 6) is -2.70. The van der Waals surface area contributed by atoms with Crippen LogP contribution in [0.4, 0.5) is 14.5 Å². The second-order valence-corrected chi connectivity index (χ2v) is 9.87. The zero-order valence-corrected chi connectivity index (χ0v) is 21.7. The minimum Gasteiger partial charge on any atom is -0.452 e. The van der Waals surface area contributed by atoms with E-state index in [9.17, 15) is 28.5 Å². The van der Waals surface area contributed by atoms with Gasteiger partial charge in [0.05, 0.1) is 16.7 Å². The van der Waals surface area contributed by atoms with Crippen molar-refractivity contribution in [1.82, 2.24) is 5.01 Å². The minimum atomic E-state index is -1.06. The third-order valence-corrected chi connectivity index (χ3v) is 7.12. The second kappa shape index (κ2) is 11.4. The van der Waals surface area contributed by atoms with Crippen LogP contribution in [-0.4, -0.2) is 34.1 Å². The molecular formula is C29H22ClF2N3O5. The highest BCUT2D eigenvalue weighted by atomic mass is 35.5. The highest BCUT2D eigenvalue weighted by molar-refractivity contribution is 6.31. The molecule has 1 aliphatic carbocycles. The molecule has 0 saturated heterocycles. The van der Waals surface area contributed by atoms with Crippen molar-refractivity contribution in [2.75, 3.05) is 6.61 Å². The van der Waals surface area contributed by atoms with Crippen LogP contribution >= 0.6 is 11.6 Å². The first-order chi connectivity index (χ1) is 19.2. The number of carbonyl (C=O) groups excluding carboxylic acids is 2. The summed E-state index contributed by atoms with van der Waals surface area (Å²) >= 11 is 5.82. The van der Waals surface area contributed by atoms with Gasteiger partial charge < -0.3 is 4.74 Å². The van der Waals surface area contributed by atoms with Crippen molar-refractivity contribution in [2.24, 2.45) is 11.0 Å². The lowest BCUT2D eigenvalue weighted by atomic mass is 9.77. The average molecular weight is 566 g/mol. The van der Waals surface area contributed by atoms with Gasteiger partial charge in [-0.15, -0.1) is 0 Å². The molecule has 0 bridgehead atoms. The molecule has 3 aromatic rings. The molecule has 1 heterocycles. The first kappa shape index (κ1) is 27.1. The van der Waals surface area contributed by atoms with Crippen LogP contribution in [0.25, 0.3) is 6.08 Å². The molecule has 11 heteroatoms. The SMILES string of the molecule is O=C(OCC(=O)N1N=C2C(=Cc3ccc(F)cc3)CCCC2C1c1ccc(F)cc1)c1ccc(Cl)cc1[N+](=O)[O-]. The molecule has 0 radical (unpaired) electrons. The first-order valence-electron chi connectivity index (χ1n) is 12.4. The topological polar surface area (TPSA) is 102 Å². The standard InChI is InChI=1S/C29H22ClF2N3O5/c30-20-8-13-23(25(15-20)35(38)39)29(37)40-16-26(36)34-28(18-6-11-22(32)12-7-18)24-3-1-2-19(27(24)33-34)14-17-4-9-21(31)10-5-17/h4-15,24,28H,1-3,16H2. The number of amides is 1. The van der Waals surface area contributed by atoms with E-state index in [0.717, 1.165) is 29.7 Å². The Bertz CT molecular complexity index is 1540. The lowest BCUT2D eigenvalue weighted by Gasteiger charge is -2.29. The number of hydrogen-bond donors (Lipinski definition) is 0. The van der Waals surface area contributed by atoms with Crippen LogP contribution in [0.3, 0.4) is 0 Å². The van der Waals surface area contributed by atoms with Crippen LogP contribution in [0.15, 0.2) is 77.4 Å². The highest BCUT2D eigenvalue weighted by Gasteiger charge is 2.44. The van der Waals surface area contributed by atoms with Crippen LogP contribution < -0.4 is 0 Å². The number of hydrazone groups is 1. The summed E-state index contributed by atoms with van der Waals surface area (Å²) in [6, 6.07) is 14.7. The largest absolute Gasteiger partial charge is 0.452 e. The van der Waals surface area contributed by atoms with Crippen LogP contribution in [-0.2, 0) is 9.53 Å². The van der Waals surface area contributed by atoms with Gasteiger partial charge in [0.1, 0.15) is 17.2 Å². The van der Waals surface area contributed by atoms with Crippen molar-refractivity contribution in [1.29, 1.82) is 0 Å². The summed E-state index contributed by atoms with van der Waals surface area (Å²) in [6.07, 6.45) is 4.12. The Morgan fingerprint density at radius 3 is 2.42 bits per heavy atom. The molecule has 1 saturated carbocycles. The Balaban J connectivity index is 1.43. The first-order valence-corrected chi connectivity index (χ1v) is 12.8. The number of nitro groups is 1. The predicted octanol–water partition coefficient (Wildman–Crippen LogP) is 6.51. The van der Waals surface area contributed by atoms with E-state index in [-0.39, 0.29) is 22.3 Å². The number of halogens is 3. The number of benzene rings is 3. The molecular weight excluding hydrogens is 544 g/mol. The molecule has 0 N–H and O–H groups in total. The molecule has 1 fully saturated rings. The van der Waals surface area contributed by atoms with Crippen molar-refractivity contribution in [3.05, 3.63) is 116 Å². The lowest BCUT2D eigenvalue weighted by molar-refractivity contribution is -0.385. The fourth-order valence-electron chi connectivity index (χ4n) is 5.06. The van der Waals surface area contributed by atoms with E-state index in [1.165, 1.54) is 35.3 Å². The van der Waals surface area contributed by atoms with Crippen molar-refractivity contribution in [2.45, 2.75) is 25.3 Å². The Morgan fingerprint density at radius 1 is 1.07 bits per heavy atom. The van der Waals surface area contributed by atoms with E-state index in [1.807, 2.05) is 6.08 Å². The van der Waals surface area contributed by atoms with Gasteiger partial charge in [-0.2, -0.15) is 5.10 Å². The Kier molecular flexibility index (Phi) is 7.70. The zero-order chi connectivity index (χ0) is 28.4. The van der Waals surface area contributed by atoms with Crippen molar-refractivity contribution < 1.29 is 28.0 Å². The fourth-order valence-corrected chi connectivity index (χ4v) is 5.23. The van der Waals surface area contributed by atoms with E-state index < -0.39 is 41.0 Å². The van der Waals surface area contributed by atoms with Gasteiger partial charge in [-0.1, -0.05) is 35.9 Å². The summed E-state index contributed by atoms with van der Waals surface area (Å²) in [4.78, 5) is 36.7. The number of rotatable bonds is 6. The van der Waals surface area contributed by atoms with E-state index >= 15 is 0 Å². The van der Waals surface area contributed by atoms with Gasteiger partial charge in [-0.05, 0) is 78.4 Å². The quantitative estimate of drug-likeness (QED) is 0.193. The van der Waals surface area contributed by atoms with E-state index in [0.29, 0.717) is 24.1 Å². The highest BCUT2D eigenvalue weighted by Crippen LogP contribution is 2.44. The normalized spacial score (nSPS) is 19.2. The molecule has 0 spiro atoms. The Hall–Kier alpha value is -4.44. The molecule has 3 aromatic carbocycles. The number of hydrogen-bond acceptors (Lipinski definition) is 6. The smallest absolute Gasteiger partial charge is 0.345 e. The van der Waals surface area contributed by atoms with Crippen LogP contribution in [0.1, 0.15) is 46.8 Å². The second-order valence-electron chi connectivity index (χ2n) is 9.43. The van der Waals surface area contributed by atoms with Gasteiger partial charge in [0.2, 0.25) is 0 Å². The van der Waals surface area contributed by atoms with Gasteiger partial charge in [-0.3, -0.25) is 14.9 Å². The third kappa shape index (κ3) is 5.62. The summed E-state index contributed by atoms with van der Waals surface area (Å²) < 4.78 is 32.3. The number of fused-ring (bicyclic) bond motifs is 1. The minimum absolute atomic E-state index is 0.0708. The predicted molar refractivity (Wildman–Crippen MR) is 144 cm³/mol. The maximum absolute atomic E-state index is 13.7. The number of ether oxygens (including phenoxy) is 1. The van der Waals surface area contributed by atoms with Gasteiger partial charge in [0, 0.05) is 17.0 Å². The summed E-state index contributed by atoms with van der Waals surface area (Å²) in [5, 5.41) is 17.3. The van der Waals surface area contributed by atoms with Gasteiger partial charge in [0.25, 0.3) is 11.6 Å². The Morgan fingerprint density at radius 2 is 1.75 bits per heavy atom. The number of carbonyl (C=O) groups is 2. The average Bonchev–Trinajstić information content (AvgIpc) is 3.34. The van der Waals surface area contributed by atoms with E-state index in [1.54, 1.807) is 24.3 Å². The molecule has 0 aromatic heterocycles. The Labute approximate surface area is 232 Å². The van der Waals surface area contributed by atoms with Crippen LogP contribution in [0.5, 0.6) is 0 Å². The van der Waals surface area contributed by atoms with Gasteiger partial charge >= 0.3 is 5.97 Å². The van der Waals surface area contributed by atoms with E-state index in [4.69, 9.17) is 16.3 Å². The van der Waals surface area contributed by atoms with E-state index in [2.05, 4.69) is 5.10 Å². The maximum Gasteiger partial charge on any atom is 0.345 e. The van der Waals surface area contributed by atoms with Crippen LogP contribution in [0, 0.1) is 27.7 Å². The monoisotopic (exact) mass is 565 g/mol. The van der Waals surface area contributed by atoms with Gasteiger partial charge in [0.15, 0.2) is 6.61 Å². The molecule has 5 rings (SSSR count). The lowest BCUT2D eigenvalue weighted by Crippen LogP contribution is -2.34. The molecule has 8 nitrogen and oxygen atoms in total. The third-order valence-electron chi connectivity index (χ3n) is 6.88. The zero-order valence-electron chi connectivity index (χ0n) is 20.9. The van der Waals surface area contributed by atoms with Crippen LogP contribution in [0.2, 0.25) is 5.02 Å². The maximum atomic E-state index is 13.7. The molecule has 2 aliphatic rings. The summed E-state index contributed by atoms with van der Waals surface area (Å²) in [5.41, 5.74) is 2.11. The molecule has 2 atom stereocenters. The molecule has 40 heavy (non-hydrogen) atoms. The molecule has 204 valence electrons. The van der Waals surface area contributed by atoms with Crippen molar-refractivity contribution in [3.8, 4) is 0 Å². The molecule has 2 unspecified atom stereocenters.